The van der Waals surface area contributed by atoms with Crippen molar-refractivity contribution < 1.29 is 9.13 Å². The molecule has 0 saturated heterocycles. The molecule has 0 atom stereocenters. The van der Waals surface area contributed by atoms with Crippen LogP contribution in [0.1, 0.15) is 11.1 Å². The number of benzene rings is 3. The lowest BCUT2D eigenvalue weighted by molar-refractivity contribution is 0.306. The molecule has 1 aromatic heterocycles. The van der Waals surface area contributed by atoms with E-state index < -0.39 is 0 Å². The molecule has 0 spiro atoms. The van der Waals surface area contributed by atoms with Crippen LogP contribution in [0.5, 0.6) is 5.75 Å². The van der Waals surface area contributed by atoms with Crippen molar-refractivity contribution in [1.82, 2.24) is 9.97 Å². The standard InChI is InChI=1S/C25H22ClFN4O/c1-31(11-3-5-17-7-9-23-21(13-17)25(28)30-16-29-23)20-8-10-24(22(26)14-20)32-15-18-4-2-6-19(27)12-18/h2-10,12-14,16H,11,15H2,1H3,(H2,28,29,30)/b5-3+. The highest BCUT2D eigenvalue weighted by Gasteiger charge is 2.07. The molecule has 0 unspecified atom stereocenters. The van der Waals surface area contributed by atoms with Crippen LogP contribution < -0.4 is 15.4 Å². The van der Waals surface area contributed by atoms with Gasteiger partial charge in [-0.15, -0.1) is 0 Å². The largest absolute Gasteiger partial charge is 0.487 e. The van der Waals surface area contributed by atoms with Gasteiger partial charge in [-0.3, -0.25) is 0 Å². The lowest BCUT2D eigenvalue weighted by atomic mass is 10.1. The second kappa shape index (κ2) is 9.66. The highest BCUT2D eigenvalue weighted by atomic mass is 35.5. The maximum absolute atomic E-state index is 13.3. The van der Waals surface area contributed by atoms with Crippen molar-refractivity contribution in [2.45, 2.75) is 6.61 Å². The number of nitrogens with zero attached hydrogens (tertiary/aromatic N) is 3. The summed E-state index contributed by atoms with van der Waals surface area (Å²) in [5, 5.41) is 1.34. The Labute approximate surface area is 190 Å². The van der Waals surface area contributed by atoms with Crippen molar-refractivity contribution in [3.8, 4) is 5.75 Å². The van der Waals surface area contributed by atoms with E-state index in [4.69, 9.17) is 22.1 Å². The molecule has 0 aliphatic rings. The zero-order chi connectivity index (χ0) is 22.5. The molecule has 1 heterocycles. The maximum Gasteiger partial charge on any atom is 0.138 e. The quantitative estimate of drug-likeness (QED) is 0.391. The van der Waals surface area contributed by atoms with E-state index in [1.165, 1.54) is 18.5 Å². The second-order valence-corrected chi connectivity index (χ2v) is 7.76. The smallest absolute Gasteiger partial charge is 0.138 e. The first-order valence-electron chi connectivity index (χ1n) is 10.0. The van der Waals surface area contributed by atoms with Crippen molar-refractivity contribution in [3.05, 3.63) is 95.0 Å². The Bertz CT molecular complexity index is 1280. The van der Waals surface area contributed by atoms with Gasteiger partial charge in [-0.05, 0) is 53.6 Å². The summed E-state index contributed by atoms with van der Waals surface area (Å²) in [7, 11) is 1.98. The van der Waals surface area contributed by atoms with Gasteiger partial charge in [0.25, 0.3) is 0 Å². The Hall–Kier alpha value is -3.64. The summed E-state index contributed by atoms with van der Waals surface area (Å²) in [6.45, 7) is 0.926. The van der Waals surface area contributed by atoms with Crippen LogP contribution in [0.2, 0.25) is 5.02 Å². The molecule has 0 aliphatic carbocycles. The van der Waals surface area contributed by atoms with E-state index in [1.54, 1.807) is 6.07 Å². The fourth-order valence-electron chi connectivity index (χ4n) is 3.28. The number of aromatic nitrogens is 2. The lowest BCUT2D eigenvalue weighted by Crippen LogP contribution is -2.16. The first-order chi connectivity index (χ1) is 15.5. The zero-order valence-corrected chi connectivity index (χ0v) is 18.3. The molecule has 0 radical (unpaired) electrons. The average molecular weight is 449 g/mol. The normalized spacial score (nSPS) is 11.2. The van der Waals surface area contributed by atoms with E-state index in [1.807, 2.05) is 55.6 Å². The predicted molar refractivity (Wildman–Crippen MR) is 128 cm³/mol. The summed E-state index contributed by atoms with van der Waals surface area (Å²) in [5.41, 5.74) is 9.48. The number of nitrogen functional groups attached to an aromatic ring is 1. The molecule has 0 saturated carbocycles. The number of hydrogen-bond acceptors (Lipinski definition) is 5. The molecule has 0 bridgehead atoms. The summed E-state index contributed by atoms with van der Waals surface area (Å²) in [5.74, 6) is 0.735. The average Bonchev–Trinajstić information content (AvgIpc) is 2.79. The van der Waals surface area contributed by atoms with Gasteiger partial charge in [0.05, 0.1) is 10.5 Å². The Morgan fingerprint density at radius 1 is 1.09 bits per heavy atom. The van der Waals surface area contributed by atoms with Crippen LogP contribution in [-0.4, -0.2) is 23.6 Å². The van der Waals surface area contributed by atoms with Crippen molar-refractivity contribution in [3.63, 3.8) is 0 Å². The maximum atomic E-state index is 13.3. The molecule has 5 nitrogen and oxygen atoms in total. The molecule has 0 fully saturated rings. The zero-order valence-electron chi connectivity index (χ0n) is 17.5. The number of anilines is 2. The molecule has 162 valence electrons. The minimum absolute atomic E-state index is 0.247. The summed E-state index contributed by atoms with van der Waals surface area (Å²) in [6.07, 6.45) is 5.55. The van der Waals surface area contributed by atoms with Gasteiger partial charge < -0.3 is 15.4 Å². The van der Waals surface area contributed by atoms with Crippen LogP contribution in [0, 0.1) is 5.82 Å². The molecule has 7 heteroatoms. The van der Waals surface area contributed by atoms with Crippen LogP contribution in [0.3, 0.4) is 0 Å². The van der Waals surface area contributed by atoms with E-state index in [9.17, 15) is 4.39 Å². The Morgan fingerprint density at radius 3 is 2.78 bits per heavy atom. The Kier molecular flexibility index (Phi) is 6.52. The number of ether oxygens (including phenoxy) is 1. The topological polar surface area (TPSA) is 64.3 Å². The van der Waals surface area contributed by atoms with Gasteiger partial charge in [0.2, 0.25) is 0 Å². The van der Waals surface area contributed by atoms with Crippen molar-refractivity contribution in [1.29, 1.82) is 0 Å². The number of fused-ring (bicyclic) bond motifs is 1. The van der Waals surface area contributed by atoms with Gasteiger partial charge in [-0.1, -0.05) is 42.0 Å². The van der Waals surface area contributed by atoms with Gasteiger partial charge >= 0.3 is 0 Å². The van der Waals surface area contributed by atoms with E-state index >= 15 is 0 Å². The first-order valence-corrected chi connectivity index (χ1v) is 10.4. The van der Waals surface area contributed by atoms with E-state index in [-0.39, 0.29) is 12.4 Å². The van der Waals surface area contributed by atoms with Gasteiger partial charge in [0, 0.05) is 24.7 Å². The third-order valence-electron chi connectivity index (χ3n) is 5.02. The number of likely N-dealkylation sites (N-methyl/N-ethyl adjacent to an activating group) is 1. The monoisotopic (exact) mass is 448 g/mol. The van der Waals surface area contributed by atoms with Crippen molar-refractivity contribution in [2.75, 3.05) is 24.2 Å². The summed E-state index contributed by atoms with van der Waals surface area (Å²) >= 11 is 6.40. The number of rotatable bonds is 7. The van der Waals surface area contributed by atoms with E-state index in [0.29, 0.717) is 23.1 Å². The molecular formula is C25H22ClFN4O. The number of nitrogens with two attached hydrogens (primary N) is 1. The highest BCUT2D eigenvalue weighted by molar-refractivity contribution is 6.32. The Balaban J connectivity index is 1.38. The van der Waals surface area contributed by atoms with Crippen LogP contribution in [0.25, 0.3) is 17.0 Å². The van der Waals surface area contributed by atoms with Gasteiger partial charge in [-0.25, -0.2) is 14.4 Å². The molecule has 3 aromatic carbocycles. The van der Waals surface area contributed by atoms with Crippen LogP contribution >= 0.6 is 11.6 Å². The Morgan fingerprint density at radius 2 is 1.97 bits per heavy atom. The van der Waals surface area contributed by atoms with Gasteiger partial charge in [0.1, 0.15) is 30.3 Å². The molecule has 4 rings (SSSR count). The minimum atomic E-state index is -0.289. The summed E-state index contributed by atoms with van der Waals surface area (Å²) in [4.78, 5) is 10.3. The first kappa shape index (κ1) is 21.6. The molecule has 4 aromatic rings. The third-order valence-corrected chi connectivity index (χ3v) is 5.31. The number of halogens is 2. The molecule has 0 amide bonds. The third kappa shape index (κ3) is 5.15. The minimum Gasteiger partial charge on any atom is -0.487 e. The number of hydrogen-bond donors (Lipinski definition) is 1. The van der Waals surface area contributed by atoms with Crippen molar-refractivity contribution in [2.24, 2.45) is 0 Å². The van der Waals surface area contributed by atoms with E-state index in [0.717, 1.165) is 27.7 Å². The molecule has 2 N–H and O–H groups in total. The fraction of sp³-hybridized carbons (Fsp3) is 0.120. The summed E-state index contributed by atoms with van der Waals surface area (Å²) in [6, 6.07) is 17.8. The van der Waals surface area contributed by atoms with Crippen LogP contribution in [0.4, 0.5) is 15.9 Å². The second-order valence-electron chi connectivity index (χ2n) is 7.35. The predicted octanol–water partition coefficient (Wildman–Crippen LogP) is 5.73. The lowest BCUT2D eigenvalue weighted by Gasteiger charge is -2.18. The van der Waals surface area contributed by atoms with E-state index in [2.05, 4.69) is 20.9 Å². The SMILES string of the molecule is CN(C/C=C/c1ccc2ncnc(N)c2c1)c1ccc(OCc2cccc(F)c2)c(Cl)c1. The fourth-order valence-corrected chi connectivity index (χ4v) is 3.51. The van der Waals surface area contributed by atoms with Crippen LogP contribution in [0.15, 0.2) is 73.1 Å². The molecule has 32 heavy (non-hydrogen) atoms. The highest BCUT2D eigenvalue weighted by Crippen LogP contribution is 2.30. The molecular weight excluding hydrogens is 427 g/mol. The summed E-state index contributed by atoms with van der Waals surface area (Å²) < 4.78 is 19.1. The molecule has 0 aliphatic heterocycles. The van der Waals surface area contributed by atoms with Crippen molar-refractivity contribution >= 4 is 40.1 Å². The van der Waals surface area contributed by atoms with Crippen LogP contribution in [-0.2, 0) is 6.61 Å². The van der Waals surface area contributed by atoms with Gasteiger partial charge in [-0.2, -0.15) is 0 Å². The van der Waals surface area contributed by atoms with Gasteiger partial charge in [0.15, 0.2) is 0 Å².